The lowest BCUT2D eigenvalue weighted by Crippen LogP contribution is -2.21. The van der Waals surface area contributed by atoms with Gasteiger partial charge < -0.3 is 14.6 Å². The molecule has 2 heterocycles. The number of anilines is 2. The van der Waals surface area contributed by atoms with Gasteiger partial charge in [-0.3, -0.25) is 10.3 Å². The Morgan fingerprint density at radius 1 is 1.03 bits per heavy atom. The third-order valence-corrected chi connectivity index (χ3v) is 7.64. The zero-order valence-electron chi connectivity index (χ0n) is 20.8. The molecule has 6 nitrogen and oxygen atoms in total. The maximum Gasteiger partial charge on any atom is 0.411 e. The fourth-order valence-electron chi connectivity index (χ4n) is 5.25. The summed E-state index contributed by atoms with van der Waals surface area (Å²) in [5.74, 6) is 0.518. The number of ether oxygens (including phenoxy) is 1. The van der Waals surface area contributed by atoms with E-state index in [4.69, 9.17) is 4.74 Å². The van der Waals surface area contributed by atoms with Crippen LogP contribution in [0.1, 0.15) is 45.1 Å². The zero-order chi connectivity index (χ0) is 24.6. The first-order valence-corrected chi connectivity index (χ1v) is 13.0. The first kappa shape index (κ1) is 22.7. The van der Waals surface area contributed by atoms with E-state index in [0.29, 0.717) is 12.0 Å². The minimum atomic E-state index is -0.385. The first-order valence-electron chi connectivity index (χ1n) is 13.0. The van der Waals surface area contributed by atoms with E-state index in [-0.39, 0.29) is 12.2 Å². The molecule has 2 aromatic carbocycles. The summed E-state index contributed by atoms with van der Waals surface area (Å²) in [6, 6.07) is 21.2. The molecule has 1 atom stereocenters. The second-order valence-electron chi connectivity index (χ2n) is 10.0. The molecule has 2 aliphatic rings. The van der Waals surface area contributed by atoms with Gasteiger partial charge in [0.15, 0.2) is 0 Å². The number of carbonyl (C=O) groups is 1. The van der Waals surface area contributed by atoms with E-state index in [0.717, 1.165) is 41.0 Å². The van der Waals surface area contributed by atoms with Gasteiger partial charge >= 0.3 is 6.09 Å². The number of aromatic nitrogens is 2. The van der Waals surface area contributed by atoms with Gasteiger partial charge in [-0.15, -0.1) is 0 Å². The highest BCUT2D eigenvalue weighted by Crippen LogP contribution is 2.46. The number of pyridine rings is 1. The van der Waals surface area contributed by atoms with Crippen molar-refractivity contribution in [3.05, 3.63) is 66.9 Å². The van der Waals surface area contributed by atoms with Crippen LogP contribution < -0.4 is 10.6 Å². The van der Waals surface area contributed by atoms with Crippen LogP contribution in [0.5, 0.6) is 0 Å². The van der Waals surface area contributed by atoms with Gasteiger partial charge in [0.25, 0.3) is 0 Å². The van der Waals surface area contributed by atoms with Crippen LogP contribution in [0, 0.1) is 5.92 Å². The average Bonchev–Trinajstić information content (AvgIpc) is 3.67. The molecule has 0 spiro atoms. The quantitative estimate of drug-likeness (QED) is 0.288. The van der Waals surface area contributed by atoms with Crippen molar-refractivity contribution in [3.8, 4) is 22.5 Å². The Balaban J connectivity index is 1.36. The van der Waals surface area contributed by atoms with Gasteiger partial charge in [0.05, 0.1) is 22.6 Å². The lowest BCUT2D eigenvalue weighted by molar-refractivity contribution is 0.108. The minimum absolute atomic E-state index is 0.0309. The summed E-state index contributed by atoms with van der Waals surface area (Å²) < 4.78 is 8.03. The number of hydrogen-bond acceptors (Lipinski definition) is 4. The van der Waals surface area contributed by atoms with Crippen molar-refractivity contribution in [2.45, 2.75) is 51.2 Å². The van der Waals surface area contributed by atoms with Gasteiger partial charge in [-0.2, -0.15) is 0 Å². The predicted octanol–water partition coefficient (Wildman–Crippen LogP) is 7.48. The topological polar surface area (TPSA) is 68.2 Å². The molecule has 2 fully saturated rings. The monoisotopic (exact) mass is 480 g/mol. The second kappa shape index (κ2) is 9.34. The van der Waals surface area contributed by atoms with Crippen molar-refractivity contribution in [2.24, 2.45) is 5.92 Å². The molecule has 4 aromatic rings. The maximum absolute atomic E-state index is 12.3. The molecule has 2 saturated carbocycles. The van der Waals surface area contributed by atoms with Crippen molar-refractivity contribution in [3.63, 3.8) is 0 Å². The standard InChI is InChI=1S/C30H32N4O2/c1-19(20-9-10-20)36-30(35)33-23-14-11-21(12-15-23)29-28(31-2)25-16-13-22(26-8-3-4-17-32-26)18-27(25)34(29)24-6-5-7-24/h3-4,8,11-20,24,31H,5-7,9-10H2,1-2H3,(H,33,35)/t19-/m1/s1. The molecule has 1 amide bonds. The summed E-state index contributed by atoms with van der Waals surface area (Å²) in [4.78, 5) is 16.9. The molecule has 36 heavy (non-hydrogen) atoms. The van der Waals surface area contributed by atoms with E-state index in [9.17, 15) is 4.79 Å². The molecule has 2 N–H and O–H groups in total. The van der Waals surface area contributed by atoms with E-state index in [1.807, 2.05) is 44.4 Å². The Kier molecular flexibility index (Phi) is 5.88. The number of carbonyl (C=O) groups excluding carboxylic acids is 1. The molecule has 6 heteroatoms. The van der Waals surface area contributed by atoms with Crippen LogP contribution in [-0.2, 0) is 4.74 Å². The summed E-state index contributed by atoms with van der Waals surface area (Å²) in [5.41, 5.74) is 7.49. The first-order chi connectivity index (χ1) is 17.6. The number of benzene rings is 2. The third-order valence-electron chi connectivity index (χ3n) is 7.64. The van der Waals surface area contributed by atoms with Crippen LogP contribution in [0.25, 0.3) is 33.4 Å². The van der Waals surface area contributed by atoms with Crippen LogP contribution in [0.4, 0.5) is 16.2 Å². The van der Waals surface area contributed by atoms with Gasteiger partial charge in [0.2, 0.25) is 0 Å². The molecule has 0 aliphatic heterocycles. The molecule has 0 bridgehead atoms. The SMILES string of the molecule is CNc1c(-c2ccc(NC(=O)O[C@H](C)C3CC3)cc2)n(C2CCC2)c2cc(-c3ccccn3)ccc12. The smallest absolute Gasteiger partial charge is 0.411 e. The number of hydrogen-bond donors (Lipinski definition) is 2. The summed E-state index contributed by atoms with van der Waals surface area (Å²) in [7, 11) is 1.99. The van der Waals surface area contributed by atoms with Crippen molar-refractivity contribution in [1.29, 1.82) is 0 Å². The minimum Gasteiger partial charge on any atom is -0.446 e. The third kappa shape index (κ3) is 4.21. The second-order valence-corrected chi connectivity index (χ2v) is 10.0. The Hall–Kier alpha value is -3.80. The van der Waals surface area contributed by atoms with E-state index in [2.05, 4.69) is 56.6 Å². The fourth-order valence-corrected chi connectivity index (χ4v) is 5.25. The highest BCUT2D eigenvalue weighted by molar-refractivity contribution is 6.03. The highest BCUT2D eigenvalue weighted by Gasteiger charge is 2.31. The van der Waals surface area contributed by atoms with Crippen molar-refractivity contribution in [2.75, 3.05) is 17.7 Å². The molecular weight excluding hydrogens is 448 g/mol. The van der Waals surface area contributed by atoms with Gasteiger partial charge in [0.1, 0.15) is 6.10 Å². The van der Waals surface area contributed by atoms with Gasteiger partial charge in [-0.1, -0.05) is 30.3 Å². The molecule has 6 rings (SSSR count). The van der Waals surface area contributed by atoms with Crippen LogP contribution in [-0.4, -0.2) is 28.8 Å². The summed E-state index contributed by atoms with van der Waals surface area (Å²) >= 11 is 0. The van der Waals surface area contributed by atoms with Gasteiger partial charge in [-0.25, -0.2) is 4.79 Å². The number of nitrogens with zero attached hydrogens (tertiary/aromatic N) is 2. The van der Waals surface area contributed by atoms with Crippen molar-refractivity contribution in [1.82, 2.24) is 9.55 Å². The lowest BCUT2D eigenvalue weighted by atomic mass is 9.92. The van der Waals surface area contributed by atoms with Crippen LogP contribution >= 0.6 is 0 Å². The zero-order valence-corrected chi connectivity index (χ0v) is 20.8. The van der Waals surface area contributed by atoms with Crippen LogP contribution in [0.3, 0.4) is 0 Å². The van der Waals surface area contributed by atoms with Crippen molar-refractivity contribution < 1.29 is 9.53 Å². The predicted molar refractivity (Wildman–Crippen MR) is 145 cm³/mol. The van der Waals surface area contributed by atoms with E-state index in [1.54, 1.807) is 0 Å². The Morgan fingerprint density at radius 3 is 2.44 bits per heavy atom. The molecule has 0 saturated heterocycles. The van der Waals surface area contributed by atoms with Crippen LogP contribution in [0.15, 0.2) is 66.9 Å². The Morgan fingerprint density at radius 2 is 1.81 bits per heavy atom. The van der Waals surface area contributed by atoms with E-state index >= 15 is 0 Å². The Bertz CT molecular complexity index is 1390. The van der Waals surface area contributed by atoms with Crippen molar-refractivity contribution >= 4 is 28.4 Å². The number of amides is 1. The molecule has 0 radical (unpaired) electrons. The molecule has 184 valence electrons. The van der Waals surface area contributed by atoms with Crippen LogP contribution in [0.2, 0.25) is 0 Å². The Labute approximate surface area is 211 Å². The maximum atomic E-state index is 12.3. The summed E-state index contributed by atoms with van der Waals surface area (Å²) in [5, 5.41) is 7.57. The van der Waals surface area contributed by atoms with E-state index < -0.39 is 0 Å². The molecule has 2 aromatic heterocycles. The molecule has 0 unspecified atom stereocenters. The summed E-state index contributed by atoms with van der Waals surface area (Å²) in [6.07, 6.45) is 7.33. The number of rotatable bonds is 7. The molecular formula is C30H32N4O2. The normalized spacial score (nSPS) is 16.4. The largest absolute Gasteiger partial charge is 0.446 e. The highest BCUT2D eigenvalue weighted by atomic mass is 16.6. The molecule has 2 aliphatic carbocycles. The van der Waals surface area contributed by atoms with Gasteiger partial charge in [-0.05, 0) is 75.3 Å². The summed E-state index contributed by atoms with van der Waals surface area (Å²) in [6.45, 7) is 1.97. The number of nitrogens with one attached hydrogen (secondary N) is 2. The fraction of sp³-hybridized carbons (Fsp3) is 0.333. The average molecular weight is 481 g/mol. The lowest BCUT2D eigenvalue weighted by Gasteiger charge is -2.30. The number of fused-ring (bicyclic) bond motifs is 1. The van der Waals surface area contributed by atoms with Gasteiger partial charge in [0, 0.05) is 41.5 Å². The van der Waals surface area contributed by atoms with E-state index in [1.165, 1.54) is 35.9 Å².